The second-order valence-electron chi connectivity index (χ2n) is 6.40. The molecule has 136 valence electrons. The number of hydrogen-bond acceptors (Lipinski definition) is 5. The van der Waals surface area contributed by atoms with Crippen molar-refractivity contribution in [1.29, 1.82) is 5.26 Å². The number of halogens is 3. The van der Waals surface area contributed by atoms with Crippen molar-refractivity contribution in [3.8, 4) is 11.8 Å². The quantitative estimate of drug-likeness (QED) is 0.691. The summed E-state index contributed by atoms with van der Waals surface area (Å²) in [7, 11) is 0. The fourth-order valence-corrected chi connectivity index (χ4v) is 3.24. The van der Waals surface area contributed by atoms with E-state index in [0.29, 0.717) is 11.2 Å². The third-order valence-corrected chi connectivity index (χ3v) is 4.74. The molecule has 3 heterocycles. The van der Waals surface area contributed by atoms with Crippen molar-refractivity contribution < 1.29 is 13.2 Å². The second-order valence-corrected chi connectivity index (χ2v) is 6.40. The predicted molar refractivity (Wildman–Crippen MR) is 89.2 cm³/mol. The number of rotatable bonds is 2. The van der Waals surface area contributed by atoms with Crippen LogP contribution >= 0.6 is 0 Å². The van der Waals surface area contributed by atoms with Gasteiger partial charge < -0.3 is 0 Å². The van der Waals surface area contributed by atoms with E-state index in [-0.39, 0.29) is 29.9 Å². The van der Waals surface area contributed by atoms with E-state index in [0.717, 1.165) is 0 Å². The maximum atomic E-state index is 13.0. The summed E-state index contributed by atoms with van der Waals surface area (Å²) < 4.78 is 39.9. The molecular formula is C18H12F3N5O. The molecule has 1 aliphatic carbocycles. The molecule has 4 rings (SSSR count). The third-order valence-electron chi connectivity index (χ3n) is 4.74. The molecule has 0 atom stereocenters. The molecule has 0 unspecified atom stereocenters. The van der Waals surface area contributed by atoms with Crippen molar-refractivity contribution in [3.05, 3.63) is 58.5 Å². The van der Waals surface area contributed by atoms with Gasteiger partial charge in [0, 0.05) is 12.1 Å². The third kappa shape index (κ3) is 2.93. The minimum atomic E-state index is -4.25. The van der Waals surface area contributed by atoms with Crippen molar-refractivity contribution in [2.24, 2.45) is 5.92 Å². The zero-order chi connectivity index (χ0) is 19.2. The maximum absolute atomic E-state index is 13.0. The Labute approximate surface area is 150 Å². The summed E-state index contributed by atoms with van der Waals surface area (Å²) in [6, 6.07) is 8.06. The zero-order valence-electron chi connectivity index (χ0n) is 13.8. The molecule has 0 saturated heterocycles. The Morgan fingerprint density at radius 2 is 1.96 bits per heavy atom. The first-order valence-electron chi connectivity index (χ1n) is 8.19. The van der Waals surface area contributed by atoms with Gasteiger partial charge in [0.2, 0.25) is 0 Å². The van der Waals surface area contributed by atoms with Crippen LogP contribution in [0, 0.1) is 17.2 Å². The van der Waals surface area contributed by atoms with Crippen LogP contribution in [-0.2, 0) is 0 Å². The fourth-order valence-electron chi connectivity index (χ4n) is 3.24. The molecule has 1 aliphatic rings. The molecule has 1 fully saturated rings. The summed E-state index contributed by atoms with van der Waals surface area (Å²) in [5.41, 5.74) is 0.492. The summed E-state index contributed by atoms with van der Waals surface area (Å²) in [6.07, 6.45) is -1.71. The van der Waals surface area contributed by atoms with Crippen LogP contribution in [0.4, 0.5) is 13.2 Å². The minimum Gasteiger partial charge on any atom is -0.266 e. The Balaban J connectivity index is 1.86. The summed E-state index contributed by atoms with van der Waals surface area (Å²) in [6.45, 7) is 0. The van der Waals surface area contributed by atoms with E-state index in [1.165, 1.54) is 29.1 Å². The van der Waals surface area contributed by atoms with Crippen LogP contribution < -0.4 is 5.56 Å². The van der Waals surface area contributed by atoms with E-state index in [2.05, 4.69) is 15.0 Å². The molecule has 0 bridgehead atoms. The highest BCUT2D eigenvalue weighted by atomic mass is 19.4. The van der Waals surface area contributed by atoms with E-state index < -0.39 is 23.6 Å². The SMILES string of the molecule is N#Cc1ccc(-n2c(=O)c3ncccc3nc2[C@H]2C[C@@H](C(F)(F)F)C2)cn1. The fraction of sp³-hybridized carbons (Fsp3) is 0.278. The molecule has 6 nitrogen and oxygen atoms in total. The number of pyridine rings is 2. The lowest BCUT2D eigenvalue weighted by Crippen LogP contribution is -2.37. The van der Waals surface area contributed by atoms with E-state index in [1.807, 2.05) is 6.07 Å². The number of nitrogens with zero attached hydrogens (tertiary/aromatic N) is 5. The Hall–Kier alpha value is -3.28. The Kier molecular flexibility index (Phi) is 3.91. The molecular weight excluding hydrogens is 359 g/mol. The Bertz CT molecular complexity index is 1110. The molecule has 0 amide bonds. The lowest BCUT2D eigenvalue weighted by molar-refractivity contribution is -0.198. The maximum Gasteiger partial charge on any atom is 0.391 e. The van der Waals surface area contributed by atoms with E-state index >= 15 is 0 Å². The van der Waals surface area contributed by atoms with Gasteiger partial charge in [0.05, 0.1) is 23.3 Å². The molecule has 0 radical (unpaired) electrons. The van der Waals surface area contributed by atoms with Crippen molar-refractivity contribution in [2.45, 2.75) is 24.9 Å². The van der Waals surface area contributed by atoms with Crippen molar-refractivity contribution in [2.75, 3.05) is 0 Å². The molecule has 0 aromatic carbocycles. The minimum absolute atomic E-state index is 0.120. The number of alkyl halides is 3. The average Bonchev–Trinajstić information content (AvgIpc) is 2.60. The largest absolute Gasteiger partial charge is 0.391 e. The highest BCUT2D eigenvalue weighted by Crippen LogP contribution is 2.49. The van der Waals surface area contributed by atoms with E-state index in [4.69, 9.17) is 5.26 Å². The summed E-state index contributed by atoms with van der Waals surface area (Å²) in [5.74, 6) is -1.63. The van der Waals surface area contributed by atoms with Crippen molar-refractivity contribution in [3.63, 3.8) is 0 Å². The molecule has 3 aromatic heterocycles. The van der Waals surface area contributed by atoms with Crippen LogP contribution in [0.15, 0.2) is 41.5 Å². The van der Waals surface area contributed by atoms with Gasteiger partial charge in [-0.2, -0.15) is 18.4 Å². The first kappa shape index (κ1) is 17.1. The average molecular weight is 371 g/mol. The lowest BCUT2D eigenvalue weighted by Gasteiger charge is -2.36. The van der Waals surface area contributed by atoms with Gasteiger partial charge in [-0.15, -0.1) is 0 Å². The summed E-state index contributed by atoms with van der Waals surface area (Å²) in [5, 5.41) is 8.88. The van der Waals surface area contributed by atoms with Crippen LogP contribution in [0.3, 0.4) is 0 Å². The standard InChI is InChI=1S/C18H12F3N5O/c19-18(20,21)11-6-10(7-11)16-25-14-2-1-5-23-15(14)17(27)26(16)13-4-3-12(8-22)24-9-13/h1-5,9-11H,6-7H2/t10-,11+. The van der Waals surface area contributed by atoms with Crippen LogP contribution in [0.25, 0.3) is 16.7 Å². The first-order chi connectivity index (χ1) is 12.9. The first-order valence-corrected chi connectivity index (χ1v) is 8.19. The van der Waals surface area contributed by atoms with Crippen LogP contribution in [-0.4, -0.2) is 25.7 Å². The van der Waals surface area contributed by atoms with E-state index in [1.54, 1.807) is 12.1 Å². The number of fused-ring (bicyclic) bond motifs is 1. The van der Waals surface area contributed by atoms with Crippen LogP contribution in [0.2, 0.25) is 0 Å². The topological polar surface area (TPSA) is 84.5 Å². The highest BCUT2D eigenvalue weighted by Gasteiger charge is 2.49. The van der Waals surface area contributed by atoms with Gasteiger partial charge in [-0.05, 0) is 37.1 Å². The molecule has 9 heteroatoms. The zero-order valence-corrected chi connectivity index (χ0v) is 13.8. The van der Waals surface area contributed by atoms with Gasteiger partial charge in [0.25, 0.3) is 5.56 Å². The monoisotopic (exact) mass is 371 g/mol. The molecule has 0 aliphatic heterocycles. The molecule has 27 heavy (non-hydrogen) atoms. The van der Waals surface area contributed by atoms with Gasteiger partial charge in [0.1, 0.15) is 17.6 Å². The number of aromatic nitrogens is 4. The van der Waals surface area contributed by atoms with Gasteiger partial charge >= 0.3 is 6.18 Å². The normalized spacial score (nSPS) is 19.5. The van der Waals surface area contributed by atoms with Crippen molar-refractivity contribution >= 4 is 11.0 Å². The van der Waals surface area contributed by atoms with Crippen LogP contribution in [0.5, 0.6) is 0 Å². The van der Waals surface area contributed by atoms with Gasteiger partial charge in [0.15, 0.2) is 5.52 Å². The van der Waals surface area contributed by atoms with Gasteiger partial charge in [-0.1, -0.05) is 0 Å². The van der Waals surface area contributed by atoms with Crippen LogP contribution in [0.1, 0.15) is 30.3 Å². The number of nitriles is 1. The molecule has 1 saturated carbocycles. The lowest BCUT2D eigenvalue weighted by atomic mass is 9.74. The van der Waals surface area contributed by atoms with Crippen molar-refractivity contribution in [1.82, 2.24) is 19.5 Å². The number of hydrogen-bond donors (Lipinski definition) is 0. The Morgan fingerprint density at radius 3 is 2.59 bits per heavy atom. The molecule has 0 spiro atoms. The summed E-state index contributed by atoms with van der Waals surface area (Å²) in [4.78, 5) is 25.4. The molecule has 0 N–H and O–H groups in total. The Morgan fingerprint density at radius 1 is 1.19 bits per heavy atom. The second kappa shape index (κ2) is 6.16. The van der Waals surface area contributed by atoms with Gasteiger partial charge in [-0.25, -0.2) is 15.0 Å². The summed E-state index contributed by atoms with van der Waals surface area (Å²) >= 11 is 0. The van der Waals surface area contributed by atoms with Gasteiger partial charge in [-0.3, -0.25) is 9.36 Å². The van der Waals surface area contributed by atoms with E-state index in [9.17, 15) is 18.0 Å². The predicted octanol–water partition coefficient (Wildman–Crippen LogP) is 3.10. The molecule has 3 aromatic rings. The highest BCUT2D eigenvalue weighted by molar-refractivity contribution is 5.73. The smallest absolute Gasteiger partial charge is 0.266 e.